The van der Waals surface area contributed by atoms with E-state index in [1.165, 1.54) is 10.5 Å². The SMILES string of the molecule is COc1cccc2c1/C(=C\c1cccc(NS(C)(=O)=O)c1)c1ccccc1SC2. The van der Waals surface area contributed by atoms with Gasteiger partial charge in [-0.25, -0.2) is 8.42 Å². The molecule has 0 saturated carbocycles. The third kappa shape index (κ3) is 4.33. The van der Waals surface area contributed by atoms with Crippen molar-refractivity contribution in [3.63, 3.8) is 0 Å². The summed E-state index contributed by atoms with van der Waals surface area (Å²) in [5, 5.41) is 0. The van der Waals surface area contributed by atoms with Gasteiger partial charge in [0.1, 0.15) is 5.75 Å². The monoisotopic (exact) mass is 423 g/mol. The quantitative estimate of drug-likeness (QED) is 0.622. The second-order valence-electron chi connectivity index (χ2n) is 6.84. The Morgan fingerprint density at radius 1 is 1.03 bits per heavy atom. The van der Waals surface area contributed by atoms with E-state index >= 15 is 0 Å². The number of fused-ring (bicyclic) bond motifs is 2. The summed E-state index contributed by atoms with van der Waals surface area (Å²) in [5.41, 5.74) is 5.94. The topological polar surface area (TPSA) is 55.4 Å². The van der Waals surface area contributed by atoms with Crippen LogP contribution in [0.2, 0.25) is 0 Å². The van der Waals surface area contributed by atoms with Gasteiger partial charge in [0, 0.05) is 21.9 Å². The van der Waals surface area contributed by atoms with E-state index < -0.39 is 10.0 Å². The highest BCUT2D eigenvalue weighted by molar-refractivity contribution is 7.98. The Balaban J connectivity index is 1.92. The van der Waals surface area contributed by atoms with Crippen LogP contribution in [-0.2, 0) is 15.8 Å². The Kier molecular flexibility index (Phi) is 5.39. The van der Waals surface area contributed by atoms with Crippen molar-refractivity contribution < 1.29 is 13.2 Å². The molecule has 3 aromatic rings. The zero-order valence-corrected chi connectivity index (χ0v) is 17.8. The summed E-state index contributed by atoms with van der Waals surface area (Å²) in [5.74, 6) is 1.69. The van der Waals surface area contributed by atoms with E-state index in [4.69, 9.17) is 4.74 Å². The van der Waals surface area contributed by atoms with Crippen LogP contribution in [0.4, 0.5) is 5.69 Å². The summed E-state index contributed by atoms with van der Waals surface area (Å²) in [6.07, 6.45) is 3.25. The average Bonchev–Trinajstić information content (AvgIpc) is 2.84. The maximum Gasteiger partial charge on any atom is 0.229 e. The number of ether oxygens (including phenoxy) is 1. The van der Waals surface area contributed by atoms with Crippen molar-refractivity contribution in [3.8, 4) is 5.75 Å². The van der Waals surface area contributed by atoms with E-state index in [0.717, 1.165) is 40.0 Å². The highest BCUT2D eigenvalue weighted by atomic mass is 32.2. The minimum atomic E-state index is -3.33. The molecule has 3 aromatic carbocycles. The molecule has 0 unspecified atom stereocenters. The minimum Gasteiger partial charge on any atom is -0.496 e. The van der Waals surface area contributed by atoms with Gasteiger partial charge < -0.3 is 4.74 Å². The lowest BCUT2D eigenvalue weighted by Gasteiger charge is -2.15. The number of benzene rings is 3. The van der Waals surface area contributed by atoms with Gasteiger partial charge in [0.15, 0.2) is 0 Å². The van der Waals surface area contributed by atoms with Crippen LogP contribution in [0, 0.1) is 0 Å². The fourth-order valence-corrected chi connectivity index (χ4v) is 5.12. The Morgan fingerprint density at radius 2 is 1.83 bits per heavy atom. The van der Waals surface area contributed by atoms with Crippen molar-refractivity contribution in [1.82, 2.24) is 0 Å². The molecule has 0 fully saturated rings. The van der Waals surface area contributed by atoms with Gasteiger partial charge in [-0.2, -0.15) is 0 Å². The number of nitrogens with one attached hydrogen (secondary N) is 1. The number of anilines is 1. The summed E-state index contributed by atoms with van der Waals surface area (Å²) in [6, 6.07) is 21.9. The van der Waals surface area contributed by atoms with Crippen LogP contribution in [0.3, 0.4) is 0 Å². The summed E-state index contributed by atoms with van der Waals surface area (Å²) in [7, 11) is -1.65. The molecular formula is C23H21NO3S2. The first-order valence-corrected chi connectivity index (χ1v) is 12.0. The Bertz CT molecular complexity index is 1200. The normalized spacial score (nSPS) is 14.6. The van der Waals surface area contributed by atoms with Gasteiger partial charge in [0.25, 0.3) is 0 Å². The van der Waals surface area contributed by atoms with Crippen LogP contribution in [0.25, 0.3) is 11.6 Å². The lowest BCUT2D eigenvalue weighted by atomic mass is 9.92. The summed E-state index contributed by atoms with van der Waals surface area (Å²) >= 11 is 1.81. The van der Waals surface area contributed by atoms with Crippen molar-refractivity contribution >= 4 is 39.1 Å². The molecule has 0 saturated heterocycles. The highest BCUT2D eigenvalue weighted by Gasteiger charge is 2.21. The maximum absolute atomic E-state index is 11.6. The van der Waals surface area contributed by atoms with Crippen LogP contribution in [-0.4, -0.2) is 21.8 Å². The number of sulfonamides is 1. The molecule has 6 heteroatoms. The summed E-state index contributed by atoms with van der Waals surface area (Å²) in [4.78, 5) is 1.21. The number of hydrogen-bond donors (Lipinski definition) is 1. The largest absolute Gasteiger partial charge is 0.496 e. The van der Waals surface area contributed by atoms with Crippen molar-refractivity contribution in [1.29, 1.82) is 0 Å². The van der Waals surface area contributed by atoms with E-state index in [1.807, 2.05) is 54.2 Å². The van der Waals surface area contributed by atoms with Gasteiger partial charge in [-0.3, -0.25) is 4.72 Å². The zero-order chi connectivity index (χ0) is 20.4. The van der Waals surface area contributed by atoms with Crippen molar-refractivity contribution in [2.24, 2.45) is 0 Å². The smallest absolute Gasteiger partial charge is 0.229 e. The minimum absolute atomic E-state index is 0.540. The second kappa shape index (κ2) is 7.97. The zero-order valence-electron chi connectivity index (χ0n) is 16.2. The molecule has 0 bridgehead atoms. The molecule has 0 spiro atoms. The summed E-state index contributed by atoms with van der Waals surface area (Å²) in [6.45, 7) is 0. The molecule has 0 aliphatic carbocycles. The van der Waals surface area contributed by atoms with Crippen LogP contribution in [0.1, 0.15) is 22.3 Å². The van der Waals surface area contributed by atoms with Gasteiger partial charge in [0.2, 0.25) is 10.0 Å². The molecule has 4 nitrogen and oxygen atoms in total. The molecule has 1 N–H and O–H groups in total. The maximum atomic E-state index is 11.6. The lowest BCUT2D eigenvalue weighted by Crippen LogP contribution is -2.09. The molecule has 0 atom stereocenters. The third-order valence-electron chi connectivity index (χ3n) is 4.66. The van der Waals surface area contributed by atoms with Gasteiger partial charge in [-0.05, 0) is 52.6 Å². The Labute approximate surface area is 175 Å². The molecular weight excluding hydrogens is 402 g/mol. The number of hydrogen-bond acceptors (Lipinski definition) is 4. The van der Waals surface area contributed by atoms with Crippen molar-refractivity contribution in [2.45, 2.75) is 10.6 Å². The van der Waals surface area contributed by atoms with Crippen LogP contribution in [0.5, 0.6) is 5.75 Å². The second-order valence-corrected chi connectivity index (χ2v) is 9.60. The predicted molar refractivity (Wildman–Crippen MR) is 121 cm³/mol. The van der Waals surface area contributed by atoms with E-state index in [1.54, 1.807) is 13.2 Å². The van der Waals surface area contributed by atoms with Gasteiger partial charge in [0.05, 0.1) is 13.4 Å². The Morgan fingerprint density at radius 3 is 2.62 bits per heavy atom. The molecule has 29 heavy (non-hydrogen) atoms. The molecule has 1 aliphatic heterocycles. The number of rotatable bonds is 4. The molecule has 148 valence electrons. The van der Waals surface area contributed by atoms with E-state index in [-0.39, 0.29) is 0 Å². The van der Waals surface area contributed by atoms with Crippen LogP contribution < -0.4 is 9.46 Å². The fraction of sp³-hybridized carbons (Fsp3) is 0.130. The van der Waals surface area contributed by atoms with E-state index in [2.05, 4.69) is 29.0 Å². The number of methoxy groups -OCH3 is 1. The van der Waals surface area contributed by atoms with Crippen molar-refractivity contribution in [2.75, 3.05) is 18.1 Å². The van der Waals surface area contributed by atoms with Crippen LogP contribution >= 0.6 is 11.8 Å². The molecule has 1 heterocycles. The standard InChI is InChI=1S/C23H21NO3S2/c1-27-21-11-6-8-17-15-28-22-12-4-3-10-19(22)20(23(17)21)14-16-7-5-9-18(13-16)24-29(2,25)26/h3-14,24H,15H2,1-2H3/b20-14-. The highest BCUT2D eigenvalue weighted by Crippen LogP contribution is 2.44. The first-order valence-electron chi connectivity index (χ1n) is 9.12. The van der Waals surface area contributed by atoms with Crippen LogP contribution in [0.15, 0.2) is 71.6 Å². The summed E-state index contributed by atoms with van der Waals surface area (Å²) < 4.78 is 31.5. The van der Waals surface area contributed by atoms with Gasteiger partial charge >= 0.3 is 0 Å². The van der Waals surface area contributed by atoms with Gasteiger partial charge in [-0.15, -0.1) is 11.8 Å². The fourth-order valence-electron chi connectivity index (χ4n) is 3.50. The average molecular weight is 424 g/mol. The first-order chi connectivity index (χ1) is 13.9. The van der Waals surface area contributed by atoms with Crippen molar-refractivity contribution in [3.05, 3.63) is 89.0 Å². The van der Waals surface area contributed by atoms with Gasteiger partial charge in [-0.1, -0.05) is 42.5 Å². The molecule has 1 aliphatic rings. The number of thioether (sulfide) groups is 1. The first kappa shape index (κ1) is 19.6. The molecule has 0 amide bonds. The van der Waals surface area contributed by atoms with E-state index in [0.29, 0.717) is 5.69 Å². The molecule has 0 radical (unpaired) electrons. The third-order valence-corrected chi connectivity index (χ3v) is 6.39. The molecule has 4 rings (SSSR count). The lowest BCUT2D eigenvalue weighted by molar-refractivity contribution is 0.413. The van der Waals surface area contributed by atoms with E-state index in [9.17, 15) is 8.42 Å². The predicted octanol–water partition coefficient (Wildman–Crippen LogP) is 5.26. The molecule has 0 aromatic heterocycles. The Hall–Kier alpha value is -2.70.